The van der Waals surface area contributed by atoms with Crippen molar-refractivity contribution in [2.45, 2.75) is 45.9 Å². The lowest BCUT2D eigenvalue weighted by atomic mass is 10.0. The summed E-state index contributed by atoms with van der Waals surface area (Å²) in [6.07, 6.45) is 0. The fourth-order valence-electron chi connectivity index (χ4n) is 3.32. The fraction of sp³-hybridized carbons (Fsp3) is 0.276. The van der Waals surface area contributed by atoms with Crippen molar-refractivity contribution in [1.29, 1.82) is 5.26 Å². The second-order valence-electron chi connectivity index (χ2n) is 9.20. The van der Waals surface area contributed by atoms with Gasteiger partial charge < -0.3 is 24.7 Å². The van der Waals surface area contributed by atoms with Crippen LogP contribution in [0.2, 0.25) is 0 Å². The van der Waals surface area contributed by atoms with E-state index in [9.17, 15) is 9.59 Å². The summed E-state index contributed by atoms with van der Waals surface area (Å²) in [6.45, 7) is 7.45. The molecular weight excluding hydrogens is 472 g/mol. The van der Waals surface area contributed by atoms with Gasteiger partial charge in [-0.15, -0.1) is 0 Å². The molecule has 0 spiro atoms. The second-order valence-corrected chi connectivity index (χ2v) is 9.20. The highest BCUT2D eigenvalue weighted by molar-refractivity contribution is 5.90. The molecule has 0 saturated carbocycles. The Bertz CT molecular complexity index is 1290. The first-order chi connectivity index (χ1) is 17.6. The first-order valence-electron chi connectivity index (χ1n) is 11.8. The molecule has 2 N–H and O–H groups in total. The van der Waals surface area contributed by atoms with Gasteiger partial charge in [0.25, 0.3) is 0 Å². The maximum Gasteiger partial charge on any atom is 0.338 e. The molecule has 1 atom stereocenters. The minimum atomic E-state index is -0.932. The number of ether oxygens (including phenoxy) is 4. The maximum absolute atomic E-state index is 12.4. The zero-order valence-corrected chi connectivity index (χ0v) is 21.3. The van der Waals surface area contributed by atoms with Crippen molar-refractivity contribution >= 4 is 11.9 Å². The lowest BCUT2D eigenvalue weighted by molar-refractivity contribution is -0.156. The molecule has 3 rings (SSSR count). The Morgan fingerprint density at radius 1 is 0.973 bits per heavy atom. The molecule has 1 unspecified atom stereocenters. The molecule has 0 amide bonds. The molecule has 0 aliphatic carbocycles. The van der Waals surface area contributed by atoms with Crippen LogP contribution in [-0.2, 0) is 20.9 Å². The van der Waals surface area contributed by atoms with Gasteiger partial charge in [-0.1, -0.05) is 24.3 Å². The summed E-state index contributed by atoms with van der Waals surface area (Å²) < 4.78 is 22.4. The van der Waals surface area contributed by atoms with Crippen LogP contribution in [0, 0.1) is 11.3 Å². The molecule has 0 fully saturated rings. The van der Waals surface area contributed by atoms with Gasteiger partial charge in [0.2, 0.25) is 0 Å². The zero-order valence-electron chi connectivity index (χ0n) is 21.3. The van der Waals surface area contributed by atoms with Crippen LogP contribution in [-0.4, -0.2) is 24.1 Å². The molecule has 0 saturated heterocycles. The van der Waals surface area contributed by atoms with Gasteiger partial charge in [-0.25, -0.2) is 9.59 Å². The first-order valence-corrected chi connectivity index (χ1v) is 11.8. The van der Waals surface area contributed by atoms with Gasteiger partial charge in [0.1, 0.15) is 35.5 Å². The average Bonchev–Trinajstić information content (AvgIpc) is 2.86. The molecule has 3 aromatic rings. The van der Waals surface area contributed by atoms with Gasteiger partial charge in [-0.05, 0) is 75.2 Å². The highest BCUT2D eigenvalue weighted by Gasteiger charge is 2.23. The summed E-state index contributed by atoms with van der Waals surface area (Å²) in [5.74, 6) is 0.219. The molecule has 0 aliphatic heterocycles. The quantitative estimate of drug-likeness (QED) is 0.384. The Kier molecular flexibility index (Phi) is 8.88. The number of hydrogen-bond acceptors (Lipinski definition) is 8. The van der Waals surface area contributed by atoms with Gasteiger partial charge in [0, 0.05) is 6.07 Å². The van der Waals surface area contributed by atoms with Crippen LogP contribution < -0.4 is 15.2 Å². The Labute approximate surface area is 216 Å². The van der Waals surface area contributed by atoms with Crippen LogP contribution in [0.25, 0.3) is 0 Å². The Hall–Kier alpha value is -4.35. The van der Waals surface area contributed by atoms with E-state index in [-0.39, 0.29) is 18.8 Å². The first kappa shape index (κ1) is 27.2. The molecule has 0 aromatic heterocycles. The largest absolute Gasteiger partial charge is 0.489 e. The number of carbonyl (C=O) groups excluding carboxylic acids is 2. The monoisotopic (exact) mass is 502 g/mol. The molecule has 0 heterocycles. The van der Waals surface area contributed by atoms with E-state index in [1.807, 2.05) is 6.07 Å². The smallest absolute Gasteiger partial charge is 0.338 e. The van der Waals surface area contributed by atoms with E-state index >= 15 is 0 Å². The number of benzene rings is 3. The van der Waals surface area contributed by atoms with E-state index in [0.717, 1.165) is 5.56 Å². The molecule has 0 aliphatic rings. The number of carbonyl (C=O) groups is 2. The van der Waals surface area contributed by atoms with Crippen molar-refractivity contribution in [1.82, 2.24) is 0 Å². The maximum atomic E-state index is 12.4. The summed E-state index contributed by atoms with van der Waals surface area (Å²) in [5.41, 5.74) is 7.61. The highest BCUT2D eigenvalue weighted by Crippen LogP contribution is 2.29. The third kappa shape index (κ3) is 8.09. The van der Waals surface area contributed by atoms with Crippen LogP contribution >= 0.6 is 0 Å². The third-order valence-electron chi connectivity index (χ3n) is 4.99. The molecule has 0 bridgehead atoms. The van der Waals surface area contributed by atoms with Gasteiger partial charge >= 0.3 is 11.9 Å². The topological polar surface area (TPSA) is 121 Å². The van der Waals surface area contributed by atoms with E-state index in [2.05, 4.69) is 6.07 Å². The number of nitriles is 1. The summed E-state index contributed by atoms with van der Waals surface area (Å²) in [4.78, 5) is 24.8. The zero-order chi connectivity index (χ0) is 27.0. The summed E-state index contributed by atoms with van der Waals surface area (Å²) >= 11 is 0. The van der Waals surface area contributed by atoms with Crippen molar-refractivity contribution in [2.75, 3.05) is 6.61 Å². The molecule has 8 heteroatoms. The summed E-state index contributed by atoms with van der Waals surface area (Å²) in [7, 11) is 0. The predicted octanol–water partition coefficient (Wildman–Crippen LogP) is 5.45. The number of hydrogen-bond donors (Lipinski definition) is 1. The minimum Gasteiger partial charge on any atom is -0.489 e. The van der Waals surface area contributed by atoms with Crippen molar-refractivity contribution in [2.24, 2.45) is 5.73 Å². The van der Waals surface area contributed by atoms with Gasteiger partial charge in [-0.3, -0.25) is 0 Å². The number of rotatable bonds is 9. The molecule has 3 aromatic carbocycles. The minimum absolute atomic E-state index is 0.150. The van der Waals surface area contributed by atoms with Crippen LogP contribution in [0.5, 0.6) is 17.2 Å². The third-order valence-corrected chi connectivity index (χ3v) is 4.99. The molecule has 0 radical (unpaired) electrons. The summed E-state index contributed by atoms with van der Waals surface area (Å²) in [6, 6.07) is 19.7. The Morgan fingerprint density at radius 2 is 1.68 bits per heavy atom. The second kappa shape index (κ2) is 12.1. The van der Waals surface area contributed by atoms with Gasteiger partial charge in [-0.2, -0.15) is 5.26 Å². The van der Waals surface area contributed by atoms with Gasteiger partial charge in [0.15, 0.2) is 0 Å². The SMILES string of the molecule is CCOC(=O)c1cc(OCc2cccc(C(N)C(=O)OC(C)(C)C)c2)cc(Oc2ccc(C#N)cc2)c1. The predicted molar refractivity (Wildman–Crippen MR) is 137 cm³/mol. The number of esters is 2. The van der Waals surface area contributed by atoms with E-state index < -0.39 is 23.6 Å². The van der Waals surface area contributed by atoms with E-state index in [1.165, 1.54) is 0 Å². The van der Waals surface area contributed by atoms with Crippen LogP contribution in [0.3, 0.4) is 0 Å². The number of nitrogens with two attached hydrogens (primary N) is 1. The molecule has 8 nitrogen and oxygen atoms in total. The lowest BCUT2D eigenvalue weighted by Gasteiger charge is -2.22. The van der Waals surface area contributed by atoms with Crippen LogP contribution in [0.15, 0.2) is 66.7 Å². The van der Waals surface area contributed by atoms with E-state index in [0.29, 0.717) is 28.4 Å². The molecule has 192 valence electrons. The fourth-order valence-corrected chi connectivity index (χ4v) is 3.32. The normalized spacial score (nSPS) is 11.7. The summed E-state index contributed by atoms with van der Waals surface area (Å²) in [5, 5.41) is 8.99. The van der Waals surface area contributed by atoms with E-state index in [1.54, 1.807) is 88.4 Å². The van der Waals surface area contributed by atoms with Crippen molar-refractivity contribution in [3.05, 3.63) is 89.0 Å². The van der Waals surface area contributed by atoms with Crippen molar-refractivity contribution in [3.8, 4) is 23.3 Å². The molecular formula is C29H30N2O6. The molecule has 37 heavy (non-hydrogen) atoms. The standard InChI is InChI=1S/C29H30N2O6/c1-5-34-27(32)22-14-24(16-25(15-22)36-23-11-9-19(17-30)10-12-23)35-18-20-7-6-8-21(13-20)26(31)28(33)37-29(2,3)4/h6-16,26H,5,18,31H2,1-4H3. The highest BCUT2D eigenvalue weighted by atomic mass is 16.6. The van der Waals surface area contributed by atoms with E-state index in [4.69, 9.17) is 29.9 Å². The lowest BCUT2D eigenvalue weighted by Crippen LogP contribution is -2.31. The van der Waals surface area contributed by atoms with Gasteiger partial charge in [0.05, 0.1) is 23.8 Å². The van der Waals surface area contributed by atoms with Crippen LogP contribution in [0.4, 0.5) is 0 Å². The van der Waals surface area contributed by atoms with Crippen molar-refractivity contribution in [3.63, 3.8) is 0 Å². The number of nitrogens with zero attached hydrogens (tertiary/aromatic N) is 1. The van der Waals surface area contributed by atoms with Crippen molar-refractivity contribution < 1.29 is 28.5 Å². The van der Waals surface area contributed by atoms with Crippen LogP contribution in [0.1, 0.15) is 60.8 Å². The Morgan fingerprint density at radius 3 is 2.32 bits per heavy atom. The Balaban J connectivity index is 1.79. The average molecular weight is 503 g/mol.